The van der Waals surface area contributed by atoms with Crippen LogP contribution in [0.2, 0.25) is 0 Å². The lowest BCUT2D eigenvalue weighted by Crippen LogP contribution is -2.46. The number of hydrogen-bond acceptors (Lipinski definition) is 7. The molecule has 1 heterocycles. The SMILES string of the molecule is COc1ccc(OCC(=O)O)c(/C=C/C2=C(C#N)C(=O)NC(S)N2)c1. The van der Waals surface area contributed by atoms with Gasteiger partial charge in [0.15, 0.2) is 6.61 Å². The van der Waals surface area contributed by atoms with Gasteiger partial charge in [0.2, 0.25) is 0 Å². The summed E-state index contributed by atoms with van der Waals surface area (Å²) in [5.41, 5.74) is 0.0990. The Labute approximate surface area is 149 Å². The van der Waals surface area contributed by atoms with Crippen LogP contribution in [-0.4, -0.2) is 36.2 Å². The van der Waals surface area contributed by atoms with Gasteiger partial charge < -0.3 is 25.2 Å². The highest BCUT2D eigenvalue weighted by molar-refractivity contribution is 7.80. The zero-order valence-corrected chi connectivity index (χ0v) is 14.0. The molecule has 25 heavy (non-hydrogen) atoms. The number of amides is 1. The Morgan fingerprint density at radius 3 is 2.84 bits per heavy atom. The number of carboxylic acids is 1. The highest BCUT2D eigenvalue weighted by atomic mass is 32.1. The molecule has 9 heteroatoms. The summed E-state index contributed by atoms with van der Waals surface area (Å²) in [6.07, 6.45) is 3.10. The van der Waals surface area contributed by atoms with Gasteiger partial charge in [-0.15, -0.1) is 12.6 Å². The molecule has 1 atom stereocenters. The van der Waals surface area contributed by atoms with Crippen molar-refractivity contribution in [3.8, 4) is 17.6 Å². The molecule has 1 amide bonds. The second-order valence-corrected chi connectivity index (χ2v) is 5.36. The number of rotatable bonds is 6. The average molecular weight is 361 g/mol. The van der Waals surface area contributed by atoms with Gasteiger partial charge in [0.25, 0.3) is 5.91 Å². The minimum Gasteiger partial charge on any atom is -0.497 e. The Kier molecular flexibility index (Phi) is 5.92. The van der Waals surface area contributed by atoms with Gasteiger partial charge in [-0.2, -0.15) is 5.26 Å². The van der Waals surface area contributed by atoms with E-state index in [9.17, 15) is 9.59 Å². The fraction of sp³-hybridized carbons (Fsp3) is 0.188. The maximum atomic E-state index is 11.8. The maximum absolute atomic E-state index is 11.8. The third-order valence-electron chi connectivity index (χ3n) is 3.17. The molecule has 1 aromatic rings. The summed E-state index contributed by atoms with van der Waals surface area (Å²) >= 11 is 4.12. The summed E-state index contributed by atoms with van der Waals surface area (Å²) in [6, 6.07) is 6.67. The van der Waals surface area contributed by atoms with E-state index >= 15 is 0 Å². The number of carboxylic acid groups (broad SMARTS) is 1. The molecule has 1 aliphatic rings. The van der Waals surface area contributed by atoms with E-state index in [1.165, 1.54) is 13.2 Å². The van der Waals surface area contributed by atoms with Crippen molar-refractivity contribution in [2.24, 2.45) is 0 Å². The van der Waals surface area contributed by atoms with E-state index in [-0.39, 0.29) is 5.57 Å². The Morgan fingerprint density at radius 1 is 1.44 bits per heavy atom. The Hall–Kier alpha value is -3.12. The topological polar surface area (TPSA) is 121 Å². The van der Waals surface area contributed by atoms with E-state index in [4.69, 9.17) is 19.8 Å². The van der Waals surface area contributed by atoms with Crippen LogP contribution in [0, 0.1) is 11.3 Å². The van der Waals surface area contributed by atoms with Crippen LogP contribution in [0.15, 0.2) is 35.5 Å². The van der Waals surface area contributed by atoms with Crippen LogP contribution in [-0.2, 0) is 9.59 Å². The Morgan fingerprint density at radius 2 is 2.20 bits per heavy atom. The Balaban J connectivity index is 2.36. The van der Waals surface area contributed by atoms with Crippen LogP contribution < -0.4 is 20.1 Å². The van der Waals surface area contributed by atoms with E-state index in [2.05, 4.69) is 23.3 Å². The monoisotopic (exact) mass is 361 g/mol. The Bertz CT molecular complexity index is 797. The number of methoxy groups -OCH3 is 1. The van der Waals surface area contributed by atoms with Crippen LogP contribution >= 0.6 is 12.6 Å². The number of nitrogens with one attached hydrogen (secondary N) is 2. The standard InChI is InChI=1S/C16H15N3O5S/c1-23-10-3-5-13(24-8-14(20)21)9(6-10)2-4-12-11(7-17)15(22)19-16(25)18-12/h2-6,16,18,25H,8H2,1H3,(H,19,22)(H,20,21)/b4-2+. The van der Waals surface area contributed by atoms with Crippen molar-refractivity contribution in [3.05, 3.63) is 41.1 Å². The first kappa shape index (κ1) is 18.2. The number of carbonyl (C=O) groups is 2. The summed E-state index contributed by atoms with van der Waals surface area (Å²) < 4.78 is 10.4. The zero-order chi connectivity index (χ0) is 18.4. The van der Waals surface area contributed by atoms with Crippen molar-refractivity contribution in [1.82, 2.24) is 10.6 Å². The molecule has 0 aromatic heterocycles. The predicted octanol–water partition coefficient (Wildman–Crippen LogP) is 0.882. The molecule has 1 aromatic carbocycles. The van der Waals surface area contributed by atoms with Crippen molar-refractivity contribution < 1.29 is 24.2 Å². The third-order valence-corrected chi connectivity index (χ3v) is 3.42. The maximum Gasteiger partial charge on any atom is 0.341 e. The number of ether oxygens (including phenoxy) is 2. The molecule has 0 saturated carbocycles. The predicted molar refractivity (Wildman–Crippen MR) is 91.9 cm³/mol. The summed E-state index contributed by atoms with van der Waals surface area (Å²) in [7, 11) is 1.50. The van der Waals surface area contributed by atoms with Crippen molar-refractivity contribution in [1.29, 1.82) is 5.26 Å². The van der Waals surface area contributed by atoms with Crippen molar-refractivity contribution in [2.45, 2.75) is 5.50 Å². The van der Waals surface area contributed by atoms with Gasteiger partial charge in [-0.05, 0) is 30.4 Å². The fourth-order valence-corrected chi connectivity index (χ4v) is 2.30. The van der Waals surface area contributed by atoms with Crippen LogP contribution in [0.25, 0.3) is 6.08 Å². The van der Waals surface area contributed by atoms with E-state index in [0.29, 0.717) is 22.8 Å². The van der Waals surface area contributed by atoms with Gasteiger partial charge in [0.05, 0.1) is 12.8 Å². The summed E-state index contributed by atoms with van der Waals surface area (Å²) in [5.74, 6) is -0.780. The van der Waals surface area contributed by atoms with Crippen LogP contribution in [0.1, 0.15) is 5.56 Å². The molecular formula is C16H15N3O5S. The minimum absolute atomic E-state index is 0.0857. The lowest BCUT2D eigenvalue weighted by atomic mass is 10.1. The molecule has 8 nitrogen and oxygen atoms in total. The van der Waals surface area contributed by atoms with E-state index in [0.717, 1.165) is 0 Å². The molecule has 1 unspecified atom stereocenters. The number of aliphatic carboxylic acids is 1. The second-order valence-electron chi connectivity index (χ2n) is 4.84. The smallest absolute Gasteiger partial charge is 0.341 e. The molecule has 0 aliphatic carbocycles. The largest absolute Gasteiger partial charge is 0.497 e. The normalized spacial score (nSPS) is 16.8. The number of carbonyl (C=O) groups excluding carboxylic acids is 1. The first-order valence-corrected chi connectivity index (χ1v) is 7.56. The second kappa shape index (κ2) is 8.12. The van der Waals surface area contributed by atoms with Gasteiger partial charge in [-0.3, -0.25) is 4.79 Å². The summed E-state index contributed by atoms with van der Waals surface area (Å²) in [4.78, 5) is 22.5. The molecule has 0 radical (unpaired) electrons. The fourth-order valence-electron chi connectivity index (χ4n) is 2.04. The van der Waals surface area contributed by atoms with Gasteiger partial charge >= 0.3 is 5.97 Å². The number of nitrogens with zero attached hydrogens (tertiary/aromatic N) is 1. The molecule has 0 fully saturated rings. The first-order valence-electron chi connectivity index (χ1n) is 7.05. The lowest BCUT2D eigenvalue weighted by molar-refractivity contribution is -0.139. The minimum atomic E-state index is -1.11. The molecule has 0 saturated heterocycles. The molecule has 3 N–H and O–H groups in total. The average Bonchev–Trinajstić information content (AvgIpc) is 2.57. The van der Waals surface area contributed by atoms with Gasteiger partial charge in [0, 0.05) is 5.56 Å². The summed E-state index contributed by atoms with van der Waals surface area (Å²) in [5, 5.41) is 23.2. The van der Waals surface area contributed by atoms with Crippen LogP contribution in [0.4, 0.5) is 0 Å². The molecule has 0 bridgehead atoms. The van der Waals surface area contributed by atoms with E-state index in [1.807, 2.05) is 6.07 Å². The molecule has 0 spiro atoms. The molecule has 2 rings (SSSR count). The summed E-state index contributed by atoms with van der Waals surface area (Å²) in [6.45, 7) is -0.501. The van der Waals surface area contributed by atoms with E-state index in [1.54, 1.807) is 24.3 Å². The first-order chi connectivity index (χ1) is 11.9. The number of benzene rings is 1. The van der Waals surface area contributed by atoms with Gasteiger partial charge in [0.1, 0.15) is 28.6 Å². The highest BCUT2D eigenvalue weighted by Gasteiger charge is 2.22. The number of thiol groups is 1. The number of allylic oxidation sites excluding steroid dienone is 1. The molecule has 130 valence electrons. The van der Waals surface area contributed by atoms with Crippen molar-refractivity contribution >= 4 is 30.6 Å². The molecular weight excluding hydrogens is 346 g/mol. The quantitative estimate of drug-likeness (QED) is 0.555. The van der Waals surface area contributed by atoms with Crippen molar-refractivity contribution in [2.75, 3.05) is 13.7 Å². The molecule has 1 aliphatic heterocycles. The third kappa shape index (κ3) is 4.68. The van der Waals surface area contributed by atoms with Gasteiger partial charge in [-0.1, -0.05) is 0 Å². The number of nitriles is 1. The zero-order valence-electron chi connectivity index (χ0n) is 13.1. The van der Waals surface area contributed by atoms with Crippen molar-refractivity contribution in [3.63, 3.8) is 0 Å². The van der Waals surface area contributed by atoms with E-state index < -0.39 is 24.0 Å². The van der Waals surface area contributed by atoms with Crippen LogP contribution in [0.5, 0.6) is 11.5 Å². The highest BCUT2D eigenvalue weighted by Crippen LogP contribution is 2.26. The lowest BCUT2D eigenvalue weighted by Gasteiger charge is -2.22. The van der Waals surface area contributed by atoms with Gasteiger partial charge in [-0.25, -0.2) is 4.79 Å². The van der Waals surface area contributed by atoms with Crippen LogP contribution in [0.3, 0.4) is 0 Å². The number of hydrogen-bond donors (Lipinski definition) is 4.